The molecule has 140 valence electrons. The number of rotatable bonds is 5. The van der Waals surface area contributed by atoms with Gasteiger partial charge in [-0.2, -0.15) is 4.98 Å². The van der Waals surface area contributed by atoms with Crippen LogP contribution in [0.5, 0.6) is 5.88 Å². The molecule has 4 aromatic rings. The van der Waals surface area contributed by atoms with Crippen LogP contribution in [0.1, 0.15) is 11.1 Å². The highest BCUT2D eigenvalue weighted by atomic mass is 16.5. The molecule has 0 saturated carbocycles. The lowest BCUT2D eigenvalue weighted by Gasteiger charge is -2.10. The number of aromatic nitrogens is 3. The molecular weight excluding hydrogens is 356 g/mol. The van der Waals surface area contributed by atoms with Crippen LogP contribution in [-0.2, 0) is 4.79 Å². The fourth-order valence-corrected chi connectivity index (χ4v) is 2.94. The fraction of sp³-hybridized carbons (Fsp3) is 0.143. The van der Waals surface area contributed by atoms with E-state index in [0.29, 0.717) is 16.8 Å². The zero-order valence-electron chi connectivity index (χ0n) is 15.5. The van der Waals surface area contributed by atoms with Crippen LogP contribution in [0.25, 0.3) is 22.4 Å². The van der Waals surface area contributed by atoms with Crippen molar-refractivity contribution < 1.29 is 14.1 Å². The molecule has 0 spiro atoms. The second-order valence-corrected chi connectivity index (χ2v) is 6.41. The molecule has 1 N–H and O–H groups in total. The minimum Gasteiger partial charge on any atom is -0.467 e. The number of ether oxygens (including phenoxy) is 1. The first-order chi connectivity index (χ1) is 13.6. The maximum absolute atomic E-state index is 12.3. The molecule has 0 radical (unpaired) electrons. The van der Waals surface area contributed by atoms with Gasteiger partial charge >= 0.3 is 0 Å². The first kappa shape index (κ1) is 17.7. The van der Waals surface area contributed by atoms with E-state index < -0.39 is 0 Å². The summed E-state index contributed by atoms with van der Waals surface area (Å²) in [6.45, 7) is 3.75. The third kappa shape index (κ3) is 3.55. The lowest BCUT2D eigenvalue weighted by molar-refractivity contribution is -0.118. The van der Waals surface area contributed by atoms with Crippen molar-refractivity contribution in [1.29, 1.82) is 0 Å². The summed E-state index contributed by atoms with van der Waals surface area (Å²) in [5, 5.41) is 7.47. The Hall–Kier alpha value is -3.74. The van der Waals surface area contributed by atoms with Gasteiger partial charge in [-0.1, -0.05) is 53.2 Å². The first-order valence-corrected chi connectivity index (χ1v) is 8.77. The van der Waals surface area contributed by atoms with Gasteiger partial charge in [0.25, 0.3) is 11.6 Å². The first-order valence-electron chi connectivity index (χ1n) is 8.77. The Morgan fingerprint density at radius 1 is 1.11 bits per heavy atom. The van der Waals surface area contributed by atoms with Gasteiger partial charge in [0.1, 0.15) is 17.4 Å². The zero-order chi connectivity index (χ0) is 19.5. The monoisotopic (exact) mass is 374 g/mol. The van der Waals surface area contributed by atoms with E-state index in [9.17, 15) is 4.79 Å². The highest BCUT2D eigenvalue weighted by Gasteiger charge is 2.18. The van der Waals surface area contributed by atoms with Crippen molar-refractivity contribution in [3.8, 4) is 17.1 Å². The molecule has 0 fully saturated rings. The quantitative estimate of drug-likeness (QED) is 0.569. The van der Waals surface area contributed by atoms with E-state index in [4.69, 9.17) is 9.26 Å². The van der Waals surface area contributed by atoms with Crippen LogP contribution in [0.15, 0.2) is 59.4 Å². The molecule has 0 aliphatic heterocycles. The number of hydrogen-bond donors (Lipinski definition) is 1. The van der Waals surface area contributed by atoms with Crippen LogP contribution in [0.3, 0.4) is 0 Å². The SMILES string of the molecule is Cc1ccc(NC(=O)COc2ncnc3onc(-c4ccccc4)c23)c(C)c1. The molecule has 0 aliphatic carbocycles. The molecule has 2 aromatic heterocycles. The second-order valence-electron chi connectivity index (χ2n) is 6.41. The molecule has 0 saturated heterocycles. The van der Waals surface area contributed by atoms with Gasteiger partial charge in [0.05, 0.1) is 0 Å². The van der Waals surface area contributed by atoms with Crippen molar-refractivity contribution in [2.75, 3.05) is 11.9 Å². The zero-order valence-corrected chi connectivity index (χ0v) is 15.5. The molecule has 28 heavy (non-hydrogen) atoms. The fourth-order valence-electron chi connectivity index (χ4n) is 2.94. The van der Waals surface area contributed by atoms with Crippen LogP contribution in [0.2, 0.25) is 0 Å². The largest absolute Gasteiger partial charge is 0.467 e. The van der Waals surface area contributed by atoms with E-state index in [1.807, 2.05) is 62.4 Å². The van der Waals surface area contributed by atoms with Gasteiger partial charge in [0, 0.05) is 11.3 Å². The topological polar surface area (TPSA) is 90.1 Å². The predicted octanol–water partition coefficient (Wildman–Crippen LogP) is 3.92. The molecule has 0 bridgehead atoms. The van der Waals surface area contributed by atoms with E-state index in [1.54, 1.807) is 0 Å². The minimum atomic E-state index is -0.281. The highest BCUT2D eigenvalue weighted by Crippen LogP contribution is 2.32. The Morgan fingerprint density at radius 2 is 1.93 bits per heavy atom. The van der Waals surface area contributed by atoms with Gasteiger partial charge in [-0.15, -0.1) is 0 Å². The van der Waals surface area contributed by atoms with Crippen LogP contribution in [-0.4, -0.2) is 27.6 Å². The summed E-state index contributed by atoms with van der Waals surface area (Å²) in [6, 6.07) is 15.3. The van der Waals surface area contributed by atoms with Crippen molar-refractivity contribution in [2.45, 2.75) is 13.8 Å². The van der Waals surface area contributed by atoms with Gasteiger partial charge in [0.2, 0.25) is 5.88 Å². The van der Waals surface area contributed by atoms with Crippen molar-refractivity contribution in [1.82, 2.24) is 15.1 Å². The Bertz CT molecular complexity index is 1140. The standard InChI is InChI=1S/C21H18N4O3/c1-13-8-9-16(14(2)10-13)24-17(26)11-27-20-18-19(15-6-4-3-5-7-15)25-28-21(18)23-12-22-20/h3-10,12H,11H2,1-2H3,(H,24,26). The predicted molar refractivity (Wildman–Crippen MR) is 105 cm³/mol. The van der Waals surface area contributed by atoms with Crippen LogP contribution in [0, 0.1) is 13.8 Å². The molecule has 2 aromatic carbocycles. The van der Waals surface area contributed by atoms with E-state index in [-0.39, 0.29) is 18.4 Å². The molecule has 2 heterocycles. The summed E-state index contributed by atoms with van der Waals surface area (Å²) >= 11 is 0. The number of nitrogens with zero attached hydrogens (tertiary/aromatic N) is 3. The normalized spacial score (nSPS) is 10.8. The Morgan fingerprint density at radius 3 is 2.71 bits per heavy atom. The summed E-state index contributed by atoms with van der Waals surface area (Å²) in [5.41, 5.74) is 4.60. The third-order valence-corrected chi connectivity index (χ3v) is 4.28. The summed E-state index contributed by atoms with van der Waals surface area (Å²) < 4.78 is 11.0. The van der Waals surface area contributed by atoms with E-state index in [0.717, 1.165) is 22.4 Å². The number of nitrogens with one attached hydrogen (secondary N) is 1. The third-order valence-electron chi connectivity index (χ3n) is 4.28. The van der Waals surface area contributed by atoms with E-state index in [2.05, 4.69) is 20.4 Å². The number of carbonyl (C=O) groups is 1. The van der Waals surface area contributed by atoms with Gasteiger partial charge in [0.15, 0.2) is 6.61 Å². The molecule has 7 heteroatoms. The smallest absolute Gasteiger partial charge is 0.265 e. The molecule has 1 amide bonds. The molecule has 7 nitrogen and oxygen atoms in total. The van der Waals surface area contributed by atoms with Gasteiger partial charge in [-0.05, 0) is 25.5 Å². The number of amides is 1. The van der Waals surface area contributed by atoms with E-state index >= 15 is 0 Å². The lowest BCUT2D eigenvalue weighted by Crippen LogP contribution is -2.21. The number of fused-ring (bicyclic) bond motifs is 1. The van der Waals surface area contributed by atoms with E-state index in [1.165, 1.54) is 6.33 Å². The summed E-state index contributed by atoms with van der Waals surface area (Å²) in [7, 11) is 0. The minimum absolute atomic E-state index is 0.196. The number of anilines is 1. The second kappa shape index (κ2) is 7.48. The Labute approximate surface area is 161 Å². The summed E-state index contributed by atoms with van der Waals surface area (Å²) in [5.74, 6) is -0.0303. The van der Waals surface area contributed by atoms with Gasteiger partial charge in [-0.3, -0.25) is 4.79 Å². The van der Waals surface area contributed by atoms with Crippen LogP contribution in [0.4, 0.5) is 5.69 Å². The average Bonchev–Trinajstić information content (AvgIpc) is 3.14. The summed E-state index contributed by atoms with van der Waals surface area (Å²) in [4.78, 5) is 20.6. The number of hydrogen-bond acceptors (Lipinski definition) is 6. The molecular formula is C21H18N4O3. The molecule has 0 unspecified atom stereocenters. The van der Waals surface area contributed by atoms with Crippen molar-refractivity contribution in [2.24, 2.45) is 0 Å². The Kier molecular flexibility index (Phi) is 4.72. The average molecular weight is 374 g/mol. The number of carbonyl (C=O) groups excluding carboxylic acids is 1. The number of benzene rings is 2. The van der Waals surface area contributed by atoms with Crippen LogP contribution < -0.4 is 10.1 Å². The highest BCUT2D eigenvalue weighted by molar-refractivity contribution is 5.95. The van der Waals surface area contributed by atoms with Crippen molar-refractivity contribution >= 4 is 22.7 Å². The summed E-state index contributed by atoms with van der Waals surface area (Å²) in [6.07, 6.45) is 1.32. The van der Waals surface area contributed by atoms with Crippen molar-refractivity contribution in [3.63, 3.8) is 0 Å². The Balaban J connectivity index is 1.55. The van der Waals surface area contributed by atoms with Crippen LogP contribution >= 0.6 is 0 Å². The van der Waals surface area contributed by atoms with Gasteiger partial charge < -0.3 is 14.6 Å². The maximum atomic E-state index is 12.3. The molecule has 0 aliphatic rings. The maximum Gasteiger partial charge on any atom is 0.265 e. The molecule has 0 atom stereocenters. The van der Waals surface area contributed by atoms with Gasteiger partial charge in [-0.25, -0.2) is 4.98 Å². The van der Waals surface area contributed by atoms with Crippen molar-refractivity contribution in [3.05, 3.63) is 66.0 Å². The number of aryl methyl sites for hydroxylation is 2. The lowest BCUT2D eigenvalue weighted by atomic mass is 10.1. The molecule has 4 rings (SSSR count).